The third-order valence-electron chi connectivity index (χ3n) is 4.17. The van der Waals surface area contributed by atoms with E-state index < -0.39 is 22.0 Å². The summed E-state index contributed by atoms with van der Waals surface area (Å²) in [5, 5.41) is 2.77. The molecule has 2 aromatic carbocycles. The van der Waals surface area contributed by atoms with Gasteiger partial charge in [0.15, 0.2) is 6.10 Å². The lowest BCUT2D eigenvalue weighted by Crippen LogP contribution is -2.48. The van der Waals surface area contributed by atoms with E-state index >= 15 is 0 Å². The largest absolute Gasteiger partial charge is 0.491 e. The molecule has 0 saturated carbocycles. The number of sulfonamides is 1. The average molecular weight is 404 g/mol. The number of amides is 1. The van der Waals surface area contributed by atoms with E-state index in [1.807, 2.05) is 26.8 Å². The van der Waals surface area contributed by atoms with Crippen LogP contribution in [0.1, 0.15) is 19.4 Å². The lowest BCUT2D eigenvalue weighted by Gasteiger charge is -2.34. The maximum Gasteiger partial charge on any atom is 0.267 e. The van der Waals surface area contributed by atoms with E-state index in [2.05, 4.69) is 5.32 Å². The second-order valence-corrected chi connectivity index (χ2v) is 8.96. The standard InChI is InChI=1S/C20H24N2O5S/c1-13(2)26-16-8-6-15(7-9-16)21-20(23)19-12-22(28(4,24)25)17-11-14(3)5-10-18(17)27-19/h5-11,13,19H,12H2,1-4H3,(H,21,23)/t19-/m0/s1. The Balaban J connectivity index is 1.78. The predicted molar refractivity (Wildman–Crippen MR) is 109 cm³/mol. The number of fused-ring (bicyclic) bond motifs is 1. The van der Waals surface area contributed by atoms with Gasteiger partial charge in [-0.25, -0.2) is 8.42 Å². The van der Waals surface area contributed by atoms with Crippen molar-refractivity contribution in [2.24, 2.45) is 0 Å². The van der Waals surface area contributed by atoms with Gasteiger partial charge in [-0.2, -0.15) is 0 Å². The topological polar surface area (TPSA) is 84.9 Å². The lowest BCUT2D eigenvalue weighted by atomic mass is 10.1. The number of benzene rings is 2. The Morgan fingerprint density at radius 3 is 2.50 bits per heavy atom. The van der Waals surface area contributed by atoms with Crippen LogP contribution >= 0.6 is 0 Å². The zero-order valence-electron chi connectivity index (χ0n) is 16.3. The maximum absolute atomic E-state index is 12.7. The SMILES string of the molecule is Cc1ccc2c(c1)N(S(C)(=O)=O)C[C@@H](C(=O)Nc1ccc(OC(C)C)cc1)O2. The zero-order valence-corrected chi connectivity index (χ0v) is 17.1. The number of ether oxygens (including phenoxy) is 2. The first-order chi connectivity index (χ1) is 13.1. The van der Waals surface area contributed by atoms with Crippen molar-refractivity contribution in [2.75, 3.05) is 22.4 Å². The van der Waals surface area contributed by atoms with Crippen LogP contribution in [0.5, 0.6) is 11.5 Å². The normalized spacial score (nSPS) is 16.3. The van der Waals surface area contributed by atoms with Gasteiger partial charge < -0.3 is 14.8 Å². The minimum atomic E-state index is -3.56. The molecule has 0 radical (unpaired) electrons. The minimum absolute atomic E-state index is 0.0572. The fourth-order valence-electron chi connectivity index (χ4n) is 2.92. The average Bonchev–Trinajstić information content (AvgIpc) is 2.61. The summed E-state index contributed by atoms with van der Waals surface area (Å²) in [6, 6.07) is 12.2. The van der Waals surface area contributed by atoms with Gasteiger partial charge >= 0.3 is 0 Å². The summed E-state index contributed by atoms with van der Waals surface area (Å²) >= 11 is 0. The molecule has 0 bridgehead atoms. The molecule has 0 unspecified atom stereocenters. The first-order valence-corrected chi connectivity index (χ1v) is 10.8. The minimum Gasteiger partial charge on any atom is -0.491 e. The molecular formula is C20H24N2O5S. The van der Waals surface area contributed by atoms with Crippen molar-refractivity contribution in [3.8, 4) is 11.5 Å². The predicted octanol–water partition coefficient (Wildman–Crippen LogP) is 2.95. The summed E-state index contributed by atoms with van der Waals surface area (Å²) < 4.78 is 37.0. The summed E-state index contributed by atoms with van der Waals surface area (Å²) in [7, 11) is -3.56. The van der Waals surface area contributed by atoms with Crippen molar-refractivity contribution in [1.29, 1.82) is 0 Å². The van der Waals surface area contributed by atoms with Gasteiger partial charge in [-0.1, -0.05) is 6.07 Å². The Labute approximate surface area is 165 Å². The molecule has 0 spiro atoms. The molecule has 1 N–H and O–H groups in total. The van der Waals surface area contributed by atoms with E-state index in [9.17, 15) is 13.2 Å². The van der Waals surface area contributed by atoms with Crippen LogP contribution < -0.4 is 19.1 Å². The molecule has 1 aliphatic heterocycles. The molecule has 0 saturated heterocycles. The van der Waals surface area contributed by atoms with Crippen molar-refractivity contribution in [3.63, 3.8) is 0 Å². The van der Waals surface area contributed by atoms with Crippen molar-refractivity contribution < 1.29 is 22.7 Å². The van der Waals surface area contributed by atoms with Crippen LogP contribution in [0, 0.1) is 6.92 Å². The number of nitrogens with one attached hydrogen (secondary N) is 1. The molecule has 1 aliphatic rings. The first-order valence-electron chi connectivity index (χ1n) is 8.96. The molecule has 7 nitrogen and oxygen atoms in total. The summed E-state index contributed by atoms with van der Waals surface area (Å²) in [6.45, 7) is 5.65. The van der Waals surface area contributed by atoms with Gasteiger partial charge in [-0.15, -0.1) is 0 Å². The monoisotopic (exact) mass is 404 g/mol. The van der Waals surface area contributed by atoms with E-state index in [0.29, 0.717) is 22.9 Å². The highest BCUT2D eigenvalue weighted by atomic mass is 32.2. The quantitative estimate of drug-likeness (QED) is 0.828. The van der Waals surface area contributed by atoms with Gasteiger partial charge in [0.1, 0.15) is 11.5 Å². The number of rotatable bonds is 5. The van der Waals surface area contributed by atoms with E-state index in [1.54, 1.807) is 36.4 Å². The number of anilines is 2. The van der Waals surface area contributed by atoms with Crippen LogP contribution in [0.25, 0.3) is 0 Å². The van der Waals surface area contributed by atoms with Crippen LogP contribution in [-0.2, 0) is 14.8 Å². The molecule has 0 fully saturated rings. The number of carbonyl (C=O) groups excluding carboxylic acids is 1. The zero-order chi connectivity index (χ0) is 20.5. The van der Waals surface area contributed by atoms with Crippen LogP contribution in [-0.4, -0.2) is 39.3 Å². The maximum atomic E-state index is 12.7. The van der Waals surface area contributed by atoms with Crippen LogP contribution in [0.3, 0.4) is 0 Å². The molecule has 28 heavy (non-hydrogen) atoms. The van der Waals surface area contributed by atoms with Crippen LogP contribution in [0.15, 0.2) is 42.5 Å². The van der Waals surface area contributed by atoms with Crippen molar-refractivity contribution in [3.05, 3.63) is 48.0 Å². The van der Waals surface area contributed by atoms with Gasteiger partial charge in [0.05, 0.1) is 24.6 Å². The Hall–Kier alpha value is -2.74. The fraction of sp³-hybridized carbons (Fsp3) is 0.350. The van der Waals surface area contributed by atoms with E-state index in [0.717, 1.165) is 11.8 Å². The van der Waals surface area contributed by atoms with Gasteiger partial charge in [0.25, 0.3) is 5.91 Å². The molecule has 1 atom stereocenters. The number of aryl methyl sites for hydroxylation is 1. The third kappa shape index (κ3) is 4.56. The summed E-state index contributed by atoms with van der Waals surface area (Å²) in [4.78, 5) is 12.7. The van der Waals surface area contributed by atoms with E-state index in [1.165, 1.54) is 4.31 Å². The highest BCUT2D eigenvalue weighted by Crippen LogP contribution is 2.36. The molecule has 8 heteroatoms. The van der Waals surface area contributed by atoms with E-state index in [4.69, 9.17) is 9.47 Å². The van der Waals surface area contributed by atoms with E-state index in [-0.39, 0.29) is 12.6 Å². The van der Waals surface area contributed by atoms with Crippen molar-refractivity contribution in [2.45, 2.75) is 33.0 Å². The number of hydrogen-bond acceptors (Lipinski definition) is 5. The molecule has 1 amide bonds. The molecule has 0 aliphatic carbocycles. The van der Waals surface area contributed by atoms with Gasteiger partial charge in [0.2, 0.25) is 10.0 Å². The molecule has 1 heterocycles. The Bertz CT molecular complexity index is 971. The third-order valence-corrected chi connectivity index (χ3v) is 5.32. The summed E-state index contributed by atoms with van der Waals surface area (Å²) in [6.07, 6.45) is 0.214. The van der Waals surface area contributed by atoms with Crippen molar-refractivity contribution >= 4 is 27.3 Å². The fourth-order valence-corrected chi connectivity index (χ4v) is 3.83. The highest BCUT2D eigenvalue weighted by Gasteiger charge is 2.35. The van der Waals surface area contributed by atoms with Crippen LogP contribution in [0.2, 0.25) is 0 Å². The second kappa shape index (κ2) is 7.71. The smallest absolute Gasteiger partial charge is 0.267 e. The van der Waals surface area contributed by atoms with Crippen molar-refractivity contribution in [1.82, 2.24) is 0 Å². The van der Waals surface area contributed by atoms with Crippen LogP contribution in [0.4, 0.5) is 11.4 Å². The summed E-state index contributed by atoms with van der Waals surface area (Å²) in [5.74, 6) is 0.648. The Morgan fingerprint density at radius 2 is 1.89 bits per heavy atom. The lowest BCUT2D eigenvalue weighted by molar-refractivity contribution is -0.122. The first kappa shape index (κ1) is 20.0. The molecule has 3 rings (SSSR count). The Morgan fingerprint density at radius 1 is 1.21 bits per heavy atom. The molecule has 150 valence electrons. The molecule has 2 aromatic rings. The van der Waals surface area contributed by atoms with Gasteiger partial charge in [0, 0.05) is 5.69 Å². The summed E-state index contributed by atoms with van der Waals surface area (Å²) in [5.41, 5.74) is 1.93. The van der Waals surface area contributed by atoms with Gasteiger partial charge in [-0.05, 0) is 62.7 Å². The number of carbonyl (C=O) groups is 1. The molecular weight excluding hydrogens is 380 g/mol. The number of hydrogen-bond donors (Lipinski definition) is 1. The number of nitrogens with zero attached hydrogens (tertiary/aromatic N) is 1. The molecule has 0 aromatic heterocycles. The highest BCUT2D eigenvalue weighted by molar-refractivity contribution is 7.92. The second-order valence-electron chi connectivity index (χ2n) is 7.05. The van der Waals surface area contributed by atoms with Gasteiger partial charge in [-0.3, -0.25) is 9.10 Å². The Kier molecular flexibility index (Phi) is 5.51.